The number of rotatable bonds is 9. The summed E-state index contributed by atoms with van der Waals surface area (Å²) in [5.74, 6) is 0.844. The maximum Gasteiger partial charge on any atom is 0.186 e. The predicted octanol–water partition coefficient (Wildman–Crippen LogP) is 0.224. The maximum atomic E-state index is 9.86. The fourth-order valence-corrected chi connectivity index (χ4v) is 2.80. The Bertz CT molecular complexity index is 491. The average Bonchev–Trinajstić information content (AvgIpc) is 2.64. The van der Waals surface area contributed by atoms with E-state index in [4.69, 9.17) is 19.3 Å². The molecule has 0 aliphatic carbocycles. The molecule has 0 amide bonds. The van der Waals surface area contributed by atoms with E-state index in [2.05, 4.69) is 0 Å². The van der Waals surface area contributed by atoms with E-state index in [1.165, 1.54) is 5.56 Å². The van der Waals surface area contributed by atoms with Gasteiger partial charge in [0.2, 0.25) is 0 Å². The number of ether oxygens (including phenoxy) is 3. The molecular formula is C18H28O7. The Labute approximate surface area is 147 Å². The second-order valence-electron chi connectivity index (χ2n) is 6.23. The summed E-state index contributed by atoms with van der Waals surface area (Å²) in [5.41, 5.74) is 1.25. The summed E-state index contributed by atoms with van der Waals surface area (Å²) in [7, 11) is 1.64. The van der Waals surface area contributed by atoms with E-state index in [1.807, 2.05) is 24.3 Å². The van der Waals surface area contributed by atoms with Crippen LogP contribution in [0.25, 0.3) is 0 Å². The first-order chi connectivity index (χ1) is 12.1. The second-order valence-corrected chi connectivity index (χ2v) is 6.23. The molecule has 0 aromatic heterocycles. The van der Waals surface area contributed by atoms with Gasteiger partial charge < -0.3 is 34.6 Å². The molecule has 7 heteroatoms. The zero-order valence-electron chi connectivity index (χ0n) is 14.5. The normalized spacial score (nSPS) is 29.6. The van der Waals surface area contributed by atoms with Crippen LogP contribution in [0.2, 0.25) is 0 Å². The fourth-order valence-electron chi connectivity index (χ4n) is 2.80. The van der Waals surface area contributed by atoms with Crippen LogP contribution in [0.4, 0.5) is 0 Å². The number of aryl methyl sites for hydroxylation is 1. The second kappa shape index (κ2) is 10.1. The summed E-state index contributed by atoms with van der Waals surface area (Å²) in [6.45, 7) is -0.0853. The highest BCUT2D eigenvalue weighted by atomic mass is 16.7. The standard InChI is InChI=1S/C18H28O7/c1-23-13-8-6-12(7-9-13)5-3-2-4-10-24-18-17(22)16(21)15(20)14(11-19)25-18/h6-9,14-22H,2-5,10-11H2,1H3. The first kappa shape index (κ1) is 20.1. The van der Waals surface area contributed by atoms with Crippen molar-refractivity contribution >= 4 is 0 Å². The van der Waals surface area contributed by atoms with Crippen LogP contribution in [-0.2, 0) is 15.9 Å². The lowest BCUT2D eigenvalue weighted by Crippen LogP contribution is -2.59. The summed E-state index contributed by atoms with van der Waals surface area (Å²) >= 11 is 0. The quantitative estimate of drug-likeness (QED) is 0.469. The van der Waals surface area contributed by atoms with Gasteiger partial charge in [0.25, 0.3) is 0 Å². The predicted molar refractivity (Wildman–Crippen MR) is 90.3 cm³/mol. The van der Waals surface area contributed by atoms with Crippen molar-refractivity contribution in [2.75, 3.05) is 20.3 Å². The van der Waals surface area contributed by atoms with Crippen molar-refractivity contribution in [1.29, 1.82) is 0 Å². The molecule has 0 bridgehead atoms. The molecule has 0 saturated carbocycles. The molecule has 1 aromatic rings. The summed E-state index contributed by atoms with van der Waals surface area (Å²) in [6.07, 6.45) is -2.37. The molecule has 142 valence electrons. The Morgan fingerprint density at radius 1 is 0.960 bits per heavy atom. The van der Waals surface area contributed by atoms with E-state index < -0.39 is 37.3 Å². The van der Waals surface area contributed by atoms with Gasteiger partial charge in [0.1, 0.15) is 30.2 Å². The van der Waals surface area contributed by atoms with Crippen LogP contribution >= 0.6 is 0 Å². The van der Waals surface area contributed by atoms with Gasteiger partial charge in [0, 0.05) is 6.61 Å². The molecule has 25 heavy (non-hydrogen) atoms. The van der Waals surface area contributed by atoms with Crippen molar-refractivity contribution in [3.05, 3.63) is 29.8 Å². The van der Waals surface area contributed by atoms with E-state index >= 15 is 0 Å². The third-order valence-corrected chi connectivity index (χ3v) is 4.40. The lowest BCUT2D eigenvalue weighted by molar-refractivity contribution is -0.301. The number of unbranched alkanes of at least 4 members (excludes halogenated alkanes) is 2. The van der Waals surface area contributed by atoms with Crippen molar-refractivity contribution in [2.24, 2.45) is 0 Å². The van der Waals surface area contributed by atoms with E-state index in [1.54, 1.807) is 7.11 Å². The van der Waals surface area contributed by atoms with Gasteiger partial charge in [-0.25, -0.2) is 0 Å². The van der Waals surface area contributed by atoms with Crippen LogP contribution in [-0.4, -0.2) is 71.5 Å². The van der Waals surface area contributed by atoms with Crippen molar-refractivity contribution < 1.29 is 34.6 Å². The average molecular weight is 356 g/mol. The molecular weight excluding hydrogens is 328 g/mol. The van der Waals surface area contributed by atoms with Gasteiger partial charge in [-0.3, -0.25) is 0 Å². The largest absolute Gasteiger partial charge is 0.497 e. The third-order valence-electron chi connectivity index (χ3n) is 4.40. The molecule has 1 saturated heterocycles. The van der Waals surface area contributed by atoms with Crippen LogP contribution in [0.3, 0.4) is 0 Å². The molecule has 5 atom stereocenters. The van der Waals surface area contributed by atoms with Gasteiger partial charge in [-0.15, -0.1) is 0 Å². The van der Waals surface area contributed by atoms with E-state index in [0.29, 0.717) is 6.61 Å². The smallest absolute Gasteiger partial charge is 0.186 e. The number of hydrogen-bond donors (Lipinski definition) is 4. The van der Waals surface area contributed by atoms with Crippen molar-refractivity contribution in [1.82, 2.24) is 0 Å². The number of aliphatic hydroxyl groups is 4. The number of methoxy groups -OCH3 is 1. The zero-order chi connectivity index (χ0) is 18.2. The highest BCUT2D eigenvalue weighted by Gasteiger charge is 2.43. The SMILES string of the molecule is COc1ccc(CCCCCOC2OC(CO)C(O)C(O)C2O)cc1. The first-order valence-electron chi connectivity index (χ1n) is 8.62. The van der Waals surface area contributed by atoms with Crippen molar-refractivity contribution in [3.63, 3.8) is 0 Å². The number of hydrogen-bond acceptors (Lipinski definition) is 7. The van der Waals surface area contributed by atoms with Gasteiger partial charge in [-0.05, 0) is 37.0 Å². The van der Waals surface area contributed by atoms with Gasteiger partial charge >= 0.3 is 0 Å². The van der Waals surface area contributed by atoms with Crippen molar-refractivity contribution in [3.8, 4) is 5.75 Å². The highest BCUT2D eigenvalue weighted by Crippen LogP contribution is 2.22. The molecule has 1 heterocycles. The topological polar surface area (TPSA) is 109 Å². The maximum absolute atomic E-state index is 9.86. The Kier molecular flexibility index (Phi) is 8.08. The Hall–Kier alpha value is -1.22. The molecule has 1 aliphatic rings. The Morgan fingerprint density at radius 2 is 1.68 bits per heavy atom. The van der Waals surface area contributed by atoms with Crippen molar-refractivity contribution in [2.45, 2.75) is 56.4 Å². The van der Waals surface area contributed by atoms with Gasteiger partial charge in [0.15, 0.2) is 6.29 Å². The van der Waals surface area contributed by atoms with E-state index in [9.17, 15) is 15.3 Å². The molecule has 7 nitrogen and oxygen atoms in total. The molecule has 1 aliphatic heterocycles. The third kappa shape index (κ3) is 5.64. The lowest BCUT2D eigenvalue weighted by atomic mass is 9.99. The van der Waals surface area contributed by atoms with Gasteiger partial charge in [-0.1, -0.05) is 18.6 Å². The number of aliphatic hydroxyl groups excluding tert-OH is 4. The molecule has 0 spiro atoms. The molecule has 0 radical (unpaired) electrons. The first-order valence-corrected chi connectivity index (χ1v) is 8.62. The molecule has 1 fully saturated rings. The minimum atomic E-state index is -1.40. The minimum Gasteiger partial charge on any atom is -0.497 e. The molecule has 5 unspecified atom stereocenters. The van der Waals surface area contributed by atoms with Crippen LogP contribution in [0.15, 0.2) is 24.3 Å². The van der Waals surface area contributed by atoms with E-state index in [0.717, 1.165) is 31.4 Å². The molecule has 4 N–H and O–H groups in total. The Morgan fingerprint density at radius 3 is 2.32 bits per heavy atom. The minimum absolute atomic E-state index is 0.366. The number of benzene rings is 1. The lowest BCUT2D eigenvalue weighted by Gasteiger charge is -2.39. The van der Waals surface area contributed by atoms with Crippen LogP contribution in [0.5, 0.6) is 5.75 Å². The highest BCUT2D eigenvalue weighted by molar-refractivity contribution is 5.27. The zero-order valence-corrected chi connectivity index (χ0v) is 14.5. The summed E-state index contributed by atoms with van der Waals surface area (Å²) < 4.78 is 15.9. The van der Waals surface area contributed by atoms with E-state index in [-0.39, 0.29) is 0 Å². The summed E-state index contributed by atoms with van der Waals surface area (Å²) in [5, 5.41) is 38.4. The Balaban J connectivity index is 1.63. The summed E-state index contributed by atoms with van der Waals surface area (Å²) in [4.78, 5) is 0. The van der Waals surface area contributed by atoms with Gasteiger partial charge in [0.05, 0.1) is 13.7 Å². The monoisotopic (exact) mass is 356 g/mol. The van der Waals surface area contributed by atoms with Crippen LogP contribution in [0.1, 0.15) is 24.8 Å². The molecule has 2 rings (SSSR count). The van der Waals surface area contributed by atoms with Gasteiger partial charge in [-0.2, -0.15) is 0 Å². The van der Waals surface area contributed by atoms with Crippen LogP contribution in [0, 0.1) is 0 Å². The fraction of sp³-hybridized carbons (Fsp3) is 0.667. The van der Waals surface area contributed by atoms with Crippen LogP contribution < -0.4 is 4.74 Å². The molecule has 1 aromatic carbocycles. The summed E-state index contributed by atoms with van der Waals surface area (Å²) in [6, 6.07) is 7.97.